The minimum absolute atomic E-state index is 0.185. The Balaban J connectivity index is 2.30. The average Bonchev–Trinajstić information content (AvgIpc) is 3.15. The highest BCUT2D eigenvalue weighted by atomic mass is 16.5. The molecule has 0 atom stereocenters. The number of hydrogen-bond acceptors (Lipinski definition) is 5. The van der Waals surface area contributed by atoms with Gasteiger partial charge in [0, 0.05) is 12.6 Å². The molecule has 0 heterocycles. The molecule has 0 unspecified atom stereocenters. The number of carbonyl (C=O) groups excluding carboxylic acids is 1. The number of nitrogens with zero attached hydrogens (tertiary/aromatic N) is 1. The first-order valence-corrected chi connectivity index (χ1v) is 21.8. The van der Waals surface area contributed by atoms with Crippen LogP contribution in [-0.2, 0) is 16.1 Å². The Morgan fingerprint density at radius 2 is 0.925 bits per heavy atom. The number of carbonyl (C=O) groups is 1. The second kappa shape index (κ2) is 37.5. The molecule has 0 aromatic heterocycles. The van der Waals surface area contributed by atoms with Crippen molar-refractivity contribution in [2.75, 3.05) is 33.9 Å². The van der Waals surface area contributed by atoms with Gasteiger partial charge in [-0.05, 0) is 109 Å². The van der Waals surface area contributed by atoms with E-state index in [1.165, 1.54) is 128 Å². The Labute approximate surface area is 327 Å². The summed E-state index contributed by atoms with van der Waals surface area (Å²) < 4.78 is 17.9. The fourth-order valence-electron chi connectivity index (χ4n) is 5.99. The van der Waals surface area contributed by atoms with E-state index in [9.17, 15) is 4.79 Å². The lowest BCUT2D eigenvalue weighted by Gasteiger charge is -2.13. The molecule has 5 nitrogen and oxygen atoms in total. The Kier molecular flexibility index (Phi) is 34.1. The third kappa shape index (κ3) is 33.5. The first-order valence-electron chi connectivity index (χ1n) is 21.8. The van der Waals surface area contributed by atoms with Crippen LogP contribution in [-0.4, -0.2) is 44.7 Å². The molecule has 53 heavy (non-hydrogen) atoms. The smallest absolute Gasteiger partial charge is 0.307 e. The van der Waals surface area contributed by atoms with Gasteiger partial charge in [-0.2, -0.15) is 0 Å². The van der Waals surface area contributed by atoms with Gasteiger partial charge in [0.25, 0.3) is 0 Å². The third-order valence-electron chi connectivity index (χ3n) is 9.33. The highest BCUT2D eigenvalue weighted by molar-refractivity contribution is 5.69. The third-order valence-corrected chi connectivity index (χ3v) is 9.33. The Morgan fingerprint density at radius 1 is 0.528 bits per heavy atom. The molecule has 0 fully saturated rings. The SMILES string of the molecule is CCCCC/C=C\C/C=C\CCCCCCCCOc1cc(COC(=O)CCN(C)C)cc(OCCCCCCCC/C=C\C/C=C\CCCCC)c1. The highest BCUT2D eigenvalue weighted by Crippen LogP contribution is 2.25. The van der Waals surface area contributed by atoms with E-state index >= 15 is 0 Å². The van der Waals surface area contributed by atoms with Crippen LogP contribution in [0.3, 0.4) is 0 Å². The molecule has 0 N–H and O–H groups in total. The summed E-state index contributed by atoms with van der Waals surface area (Å²) in [6.07, 6.45) is 48.5. The van der Waals surface area contributed by atoms with Gasteiger partial charge in [-0.3, -0.25) is 4.79 Å². The molecule has 302 valence electrons. The van der Waals surface area contributed by atoms with Crippen LogP contribution in [0, 0.1) is 0 Å². The van der Waals surface area contributed by atoms with Gasteiger partial charge < -0.3 is 19.1 Å². The van der Waals surface area contributed by atoms with Crippen LogP contribution in [0.2, 0.25) is 0 Å². The maximum absolute atomic E-state index is 12.3. The predicted octanol–water partition coefficient (Wildman–Crippen LogP) is 14.1. The summed E-state index contributed by atoms with van der Waals surface area (Å²) in [6, 6.07) is 5.97. The normalized spacial score (nSPS) is 12.0. The van der Waals surface area contributed by atoms with E-state index in [1.807, 2.05) is 37.2 Å². The van der Waals surface area contributed by atoms with Crippen LogP contribution in [0.15, 0.2) is 66.8 Å². The number of unbranched alkanes of at least 4 members (excludes halogenated alkanes) is 18. The second-order valence-electron chi connectivity index (χ2n) is 14.9. The first kappa shape index (κ1) is 48.2. The molecular weight excluding hydrogens is 655 g/mol. The first-order chi connectivity index (χ1) is 26.0. The van der Waals surface area contributed by atoms with Gasteiger partial charge in [-0.15, -0.1) is 0 Å². The molecule has 0 radical (unpaired) electrons. The number of benzene rings is 1. The van der Waals surface area contributed by atoms with Crippen LogP contribution in [0.1, 0.15) is 180 Å². The van der Waals surface area contributed by atoms with Crippen molar-refractivity contribution in [1.82, 2.24) is 4.90 Å². The molecule has 0 bridgehead atoms. The molecule has 0 saturated carbocycles. The molecule has 0 aliphatic carbocycles. The van der Waals surface area contributed by atoms with E-state index in [4.69, 9.17) is 14.2 Å². The zero-order valence-corrected chi connectivity index (χ0v) is 34.9. The summed E-state index contributed by atoms with van der Waals surface area (Å²) in [7, 11) is 3.92. The van der Waals surface area contributed by atoms with Gasteiger partial charge in [0.2, 0.25) is 0 Å². The fourth-order valence-corrected chi connectivity index (χ4v) is 5.99. The molecule has 1 rings (SSSR count). The van der Waals surface area contributed by atoms with Gasteiger partial charge in [0.15, 0.2) is 0 Å². The van der Waals surface area contributed by atoms with Crippen LogP contribution < -0.4 is 9.47 Å². The van der Waals surface area contributed by atoms with Gasteiger partial charge in [-0.25, -0.2) is 0 Å². The van der Waals surface area contributed by atoms with Crippen molar-refractivity contribution < 1.29 is 19.0 Å². The van der Waals surface area contributed by atoms with E-state index in [1.54, 1.807) is 0 Å². The standard InChI is InChI=1S/C48H81NO4/c1-5-7-9-11-13-15-17-19-21-23-25-27-29-31-33-35-39-51-46-41-45(44-53-48(50)37-38-49(3)4)42-47(43-46)52-40-36-34-32-30-28-26-24-22-20-18-16-14-12-10-8-6-2/h13-16,19-22,41-43H,5-12,17-18,23-40,44H2,1-4H3/b15-13-,16-14-,21-19-,22-20-. The molecule has 0 saturated heterocycles. The lowest BCUT2D eigenvalue weighted by atomic mass is 10.1. The quantitative estimate of drug-likeness (QED) is 0.0387. The number of rotatable bonds is 37. The summed E-state index contributed by atoms with van der Waals surface area (Å²) in [5, 5.41) is 0. The van der Waals surface area contributed by atoms with E-state index < -0.39 is 0 Å². The molecule has 5 heteroatoms. The minimum Gasteiger partial charge on any atom is -0.493 e. The lowest BCUT2D eigenvalue weighted by Crippen LogP contribution is -2.17. The topological polar surface area (TPSA) is 48.0 Å². The Bertz CT molecular complexity index is 1020. The zero-order valence-electron chi connectivity index (χ0n) is 34.9. The Hall–Kier alpha value is -2.79. The predicted molar refractivity (Wildman–Crippen MR) is 229 cm³/mol. The van der Waals surface area contributed by atoms with Crippen molar-refractivity contribution in [3.63, 3.8) is 0 Å². The molecule has 0 amide bonds. The van der Waals surface area contributed by atoms with Crippen LogP contribution in [0.25, 0.3) is 0 Å². The maximum Gasteiger partial charge on any atom is 0.307 e. The number of ether oxygens (including phenoxy) is 3. The molecule has 1 aromatic rings. The molecule has 0 aliphatic rings. The van der Waals surface area contributed by atoms with Gasteiger partial charge >= 0.3 is 5.97 Å². The van der Waals surface area contributed by atoms with Crippen molar-refractivity contribution >= 4 is 5.97 Å². The summed E-state index contributed by atoms with van der Waals surface area (Å²) in [4.78, 5) is 14.2. The van der Waals surface area contributed by atoms with Crippen molar-refractivity contribution in [3.8, 4) is 11.5 Å². The van der Waals surface area contributed by atoms with Crippen molar-refractivity contribution in [1.29, 1.82) is 0 Å². The highest BCUT2D eigenvalue weighted by Gasteiger charge is 2.08. The number of hydrogen-bond donors (Lipinski definition) is 0. The van der Waals surface area contributed by atoms with Gasteiger partial charge in [0.1, 0.15) is 18.1 Å². The Morgan fingerprint density at radius 3 is 1.34 bits per heavy atom. The number of allylic oxidation sites excluding steroid dienone is 8. The van der Waals surface area contributed by atoms with Crippen LogP contribution in [0.5, 0.6) is 11.5 Å². The lowest BCUT2D eigenvalue weighted by molar-refractivity contribution is -0.145. The molecular formula is C48H81NO4. The minimum atomic E-state index is -0.185. The van der Waals surface area contributed by atoms with Crippen molar-refractivity contribution in [3.05, 3.63) is 72.4 Å². The van der Waals surface area contributed by atoms with Crippen LogP contribution in [0.4, 0.5) is 0 Å². The summed E-state index contributed by atoms with van der Waals surface area (Å²) >= 11 is 0. The second-order valence-corrected chi connectivity index (χ2v) is 14.9. The largest absolute Gasteiger partial charge is 0.493 e. The molecule has 0 aliphatic heterocycles. The molecule has 0 spiro atoms. The van der Waals surface area contributed by atoms with Crippen molar-refractivity contribution in [2.45, 2.75) is 181 Å². The molecule has 1 aromatic carbocycles. The maximum atomic E-state index is 12.3. The van der Waals surface area contributed by atoms with E-state index in [0.29, 0.717) is 26.2 Å². The zero-order chi connectivity index (χ0) is 38.3. The van der Waals surface area contributed by atoms with Gasteiger partial charge in [-0.1, -0.05) is 140 Å². The average molecular weight is 736 g/mol. The van der Waals surface area contributed by atoms with E-state index in [-0.39, 0.29) is 12.6 Å². The van der Waals surface area contributed by atoms with Gasteiger partial charge in [0.05, 0.1) is 19.6 Å². The number of esters is 1. The summed E-state index contributed by atoms with van der Waals surface area (Å²) in [5.41, 5.74) is 0.907. The monoisotopic (exact) mass is 736 g/mol. The summed E-state index contributed by atoms with van der Waals surface area (Å²) in [5.74, 6) is 1.40. The van der Waals surface area contributed by atoms with E-state index in [0.717, 1.165) is 42.7 Å². The summed E-state index contributed by atoms with van der Waals surface area (Å²) in [6.45, 7) is 6.80. The fraction of sp³-hybridized carbons (Fsp3) is 0.688. The van der Waals surface area contributed by atoms with Crippen molar-refractivity contribution in [2.24, 2.45) is 0 Å². The van der Waals surface area contributed by atoms with E-state index in [2.05, 4.69) is 62.5 Å². The van der Waals surface area contributed by atoms with Crippen LogP contribution >= 0.6 is 0 Å².